The Bertz CT molecular complexity index is 632. The molecule has 0 aliphatic carbocycles. The van der Waals surface area contributed by atoms with E-state index in [1.807, 2.05) is 0 Å². The minimum atomic E-state index is -3.64. The van der Waals surface area contributed by atoms with Crippen LogP contribution < -0.4 is 4.74 Å². The summed E-state index contributed by atoms with van der Waals surface area (Å²) in [7, 11) is -2.22. The van der Waals surface area contributed by atoms with Crippen LogP contribution in [-0.2, 0) is 10.0 Å². The van der Waals surface area contributed by atoms with Crippen molar-refractivity contribution in [3.05, 3.63) is 23.2 Å². The van der Waals surface area contributed by atoms with Crippen LogP contribution in [0.3, 0.4) is 0 Å². The molecule has 2 rings (SSSR count). The second kappa shape index (κ2) is 6.00. The number of halogens is 1. The highest BCUT2D eigenvalue weighted by Gasteiger charge is 2.31. The lowest BCUT2D eigenvalue weighted by Crippen LogP contribution is -2.38. The lowest BCUT2D eigenvalue weighted by Gasteiger charge is -2.28. The fraction of sp³-hybridized carbons (Fsp3) is 0.462. The normalized spacial score (nSPS) is 17.6. The number of ether oxygens (including phenoxy) is 1. The largest absolute Gasteiger partial charge is 0.495 e. The summed E-state index contributed by atoms with van der Waals surface area (Å²) in [6, 6.07) is 6.70. The molecule has 1 heterocycles. The maximum Gasteiger partial charge on any atom is 0.246 e. The Balaban J connectivity index is 2.32. The van der Waals surface area contributed by atoms with E-state index < -0.39 is 10.0 Å². The summed E-state index contributed by atoms with van der Waals surface area (Å²) >= 11 is 5.88. The Hall–Kier alpha value is -1.29. The zero-order chi connectivity index (χ0) is 14.8. The Morgan fingerprint density at radius 2 is 2.05 bits per heavy atom. The molecule has 0 amide bonds. The van der Waals surface area contributed by atoms with Gasteiger partial charge in [0.05, 0.1) is 13.2 Å². The molecule has 0 radical (unpaired) electrons. The topological polar surface area (TPSA) is 70.4 Å². The molecule has 1 saturated heterocycles. The van der Waals surface area contributed by atoms with Crippen LogP contribution in [0.2, 0.25) is 5.02 Å². The molecule has 7 heteroatoms. The summed E-state index contributed by atoms with van der Waals surface area (Å²) in [5, 5.41) is 9.20. The third-order valence-corrected chi connectivity index (χ3v) is 5.53. The summed E-state index contributed by atoms with van der Waals surface area (Å²) in [5.74, 6) is 0.208. The van der Waals surface area contributed by atoms with Crippen LogP contribution in [0.5, 0.6) is 5.75 Å². The van der Waals surface area contributed by atoms with E-state index >= 15 is 0 Å². The van der Waals surface area contributed by atoms with Crippen LogP contribution in [-0.4, -0.2) is 32.9 Å². The van der Waals surface area contributed by atoms with E-state index in [0.29, 0.717) is 31.0 Å². The molecule has 0 bridgehead atoms. The highest BCUT2D eigenvalue weighted by Crippen LogP contribution is 2.31. The van der Waals surface area contributed by atoms with Gasteiger partial charge < -0.3 is 4.74 Å². The van der Waals surface area contributed by atoms with Crippen LogP contribution in [0.4, 0.5) is 0 Å². The minimum absolute atomic E-state index is 0.0669. The van der Waals surface area contributed by atoms with Gasteiger partial charge in [-0.15, -0.1) is 0 Å². The Morgan fingerprint density at radius 1 is 1.40 bits per heavy atom. The number of nitriles is 1. The van der Waals surface area contributed by atoms with E-state index in [4.69, 9.17) is 21.6 Å². The summed E-state index contributed by atoms with van der Waals surface area (Å²) in [6.45, 7) is 0.687. The Morgan fingerprint density at radius 3 is 2.60 bits per heavy atom. The molecule has 1 aliphatic heterocycles. The van der Waals surface area contributed by atoms with Gasteiger partial charge in [-0.05, 0) is 31.0 Å². The number of nitrogens with zero attached hydrogens (tertiary/aromatic N) is 2. The number of benzene rings is 1. The van der Waals surface area contributed by atoms with Crippen molar-refractivity contribution >= 4 is 21.6 Å². The fourth-order valence-electron chi connectivity index (χ4n) is 2.22. The molecule has 1 aliphatic rings. The van der Waals surface area contributed by atoms with Gasteiger partial charge in [-0.1, -0.05) is 11.6 Å². The maximum atomic E-state index is 12.6. The molecule has 20 heavy (non-hydrogen) atoms. The first-order valence-corrected chi connectivity index (χ1v) is 8.04. The van der Waals surface area contributed by atoms with Crippen molar-refractivity contribution in [3.8, 4) is 11.8 Å². The fourth-order valence-corrected chi connectivity index (χ4v) is 4.10. The first kappa shape index (κ1) is 15.1. The SMILES string of the molecule is COc1ccc(Cl)cc1S(=O)(=O)N1CCC(C#N)CC1. The van der Waals surface area contributed by atoms with Crippen LogP contribution in [0, 0.1) is 17.2 Å². The van der Waals surface area contributed by atoms with Gasteiger partial charge in [0, 0.05) is 24.0 Å². The molecule has 0 spiro atoms. The second-order valence-corrected chi connectivity index (χ2v) is 6.95. The Kier molecular flexibility index (Phi) is 4.53. The number of rotatable bonds is 3. The molecule has 1 fully saturated rings. The minimum Gasteiger partial charge on any atom is -0.495 e. The Labute approximate surface area is 123 Å². The van der Waals surface area contributed by atoms with Gasteiger partial charge in [0.2, 0.25) is 10.0 Å². The number of methoxy groups -OCH3 is 1. The first-order valence-electron chi connectivity index (χ1n) is 6.22. The molecular weight excluding hydrogens is 300 g/mol. The van der Waals surface area contributed by atoms with E-state index in [1.165, 1.54) is 23.5 Å². The zero-order valence-corrected chi connectivity index (χ0v) is 12.6. The highest BCUT2D eigenvalue weighted by atomic mass is 35.5. The summed E-state index contributed by atoms with van der Waals surface area (Å²) in [4.78, 5) is 0.0721. The van der Waals surface area contributed by atoms with E-state index in [-0.39, 0.29) is 16.6 Å². The summed E-state index contributed by atoms with van der Waals surface area (Å²) in [6.07, 6.45) is 1.11. The van der Waals surface area contributed by atoms with Crippen molar-refractivity contribution in [2.45, 2.75) is 17.7 Å². The zero-order valence-electron chi connectivity index (χ0n) is 11.0. The molecule has 5 nitrogen and oxygen atoms in total. The molecule has 0 saturated carbocycles. The molecule has 0 N–H and O–H groups in total. The smallest absolute Gasteiger partial charge is 0.246 e. The average molecular weight is 315 g/mol. The van der Waals surface area contributed by atoms with Crippen LogP contribution in [0.25, 0.3) is 0 Å². The van der Waals surface area contributed by atoms with Gasteiger partial charge in [0.25, 0.3) is 0 Å². The highest BCUT2D eigenvalue weighted by molar-refractivity contribution is 7.89. The monoisotopic (exact) mass is 314 g/mol. The first-order chi connectivity index (χ1) is 9.48. The second-order valence-electron chi connectivity index (χ2n) is 4.60. The summed E-state index contributed by atoms with van der Waals surface area (Å²) < 4.78 is 31.7. The van der Waals surface area contributed by atoms with Gasteiger partial charge in [-0.25, -0.2) is 8.42 Å². The molecule has 0 atom stereocenters. The van der Waals surface area contributed by atoms with E-state index in [0.717, 1.165) is 0 Å². The third-order valence-electron chi connectivity index (χ3n) is 3.38. The third kappa shape index (κ3) is 2.90. The molecular formula is C13H15ClN2O3S. The lowest BCUT2D eigenvalue weighted by molar-refractivity contribution is 0.308. The van der Waals surface area contributed by atoms with Gasteiger partial charge in [0.1, 0.15) is 10.6 Å². The van der Waals surface area contributed by atoms with Crippen LogP contribution in [0.1, 0.15) is 12.8 Å². The van der Waals surface area contributed by atoms with Crippen molar-refractivity contribution in [1.82, 2.24) is 4.31 Å². The number of hydrogen-bond acceptors (Lipinski definition) is 4. The van der Waals surface area contributed by atoms with Crippen molar-refractivity contribution in [2.75, 3.05) is 20.2 Å². The molecule has 1 aromatic carbocycles. The average Bonchev–Trinajstić information content (AvgIpc) is 2.47. The molecule has 108 valence electrons. The van der Waals surface area contributed by atoms with E-state index in [1.54, 1.807) is 6.07 Å². The quantitative estimate of drug-likeness (QED) is 0.858. The van der Waals surface area contributed by atoms with Gasteiger partial charge in [-0.3, -0.25) is 0 Å². The predicted octanol–water partition coefficient (Wildman–Crippen LogP) is 2.27. The van der Waals surface area contributed by atoms with E-state index in [2.05, 4.69) is 6.07 Å². The molecule has 0 unspecified atom stereocenters. The molecule has 0 aromatic heterocycles. The van der Waals surface area contributed by atoms with Crippen LogP contribution in [0.15, 0.2) is 23.1 Å². The van der Waals surface area contributed by atoms with Gasteiger partial charge in [0.15, 0.2) is 0 Å². The lowest BCUT2D eigenvalue weighted by atomic mass is 10.0. The van der Waals surface area contributed by atoms with Crippen LogP contribution >= 0.6 is 11.6 Å². The number of sulfonamides is 1. The van der Waals surface area contributed by atoms with Crippen molar-refractivity contribution < 1.29 is 13.2 Å². The van der Waals surface area contributed by atoms with E-state index in [9.17, 15) is 8.42 Å². The number of hydrogen-bond donors (Lipinski definition) is 0. The predicted molar refractivity (Wildman–Crippen MR) is 75.1 cm³/mol. The summed E-state index contributed by atoms with van der Waals surface area (Å²) in [5.41, 5.74) is 0. The van der Waals surface area contributed by atoms with Crippen molar-refractivity contribution in [2.24, 2.45) is 5.92 Å². The molecule has 1 aromatic rings. The number of piperidine rings is 1. The van der Waals surface area contributed by atoms with Crippen molar-refractivity contribution in [1.29, 1.82) is 5.26 Å². The van der Waals surface area contributed by atoms with Gasteiger partial charge >= 0.3 is 0 Å². The maximum absolute atomic E-state index is 12.6. The standard InChI is InChI=1S/C13H15ClN2O3S/c1-19-12-3-2-11(14)8-13(12)20(17,18)16-6-4-10(9-15)5-7-16/h2-3,8,10H,4-7H2,1H3. The van der Waals surface area contributed by atoms with Gasteiger partial charge in [-0.2, -0.15) is 9.57 Å². The van der Waals surface area contributed by atoms with Crippen molar-refractivity contribution in [3.63, 3.8) is 0 Å².